The highest BCUT2D eigenvalue weighted by molar-refractivity contribution is 5.97. The van der Waals surface area contributed by atoms with Gasteiger partial charge in [0.2, 0.25) is 5.95 Å². The van der Waals surface area contributed by atoms with Crippen molar-refractivity contribution in [3.05, 3.63) is 89.5 Å². The molecule has 0 radical (unpaired) electrons. The second-order valence-electron chi connectivity index (χ2n) is 7.25. The van der Waals surface area contributed by atoms with Crippen LogP contribution in [0.5, 0.6) is 11.5 Å². The Bertz CT molecular complexity index is 1220. The topological polar surface area (TPSA) is 78.3 Å². The monoisotopic (exact) mass is 428 g/mol. The molecule has 0 spiro atoms. The summed E-state index contributed by atoms with van der Waals surface area (Å²) in [6.07, 6.45) is 0. The van der Waals surface area contributed by atoms with Gasteiger partial charge >= 0.3 is 0 Å². The molecular formula is C25H24N4O3. The molecule has 4 aromatic rings. The lowest BCUT2D eigenvalue weighted by Gasteiger charge is -2.10. The lowest BCUT2D eigenvalue weighted by atomic mass is 10.1. The minimum Gasteiger partial charge on any atom is -0.493 e. The van der Waals surface area contributed by atoms with Gasteiger partial charge in [0, 0.05) is 17.7 Å². The highest BCUT2D eigenvalue weighted by Crippen LogP contribution is 2.28. The Balaban J connectivity index is 1.71. The van der Waals surface area contributed by atoms with Crippen LogP contribution in [0.4, 0.5) is 5.95 Å². The predicted octanol–water partition coefficient (Wildman–Crippen LogP) is 4.57. The number of hydrogen-bond acceptors (Lipinski definition) is 6. The van der Waals surface area contributed by atoms with Crippen LogP contribution in [0.2, 0.25) is 0 Å². The maximum atomic E-state index is 13.4. The van der Waals surface area contributed by atoms with E-state index in [1.54, 1.807) is 25.3 Å². The molecule has 0 fully saturated rings. The number of hydrogen-bond donors (Lipinski definition) is 1. The summed E-state index contributed by atoms with van der Waals surface area (Å²) in [4.78, 5) is 18.0. The summed E-state index contributed by atoms with van der Waals surface area (Å²) >= 11 is 0. The molecule has 162 valence electrons. The molecule has 32 heavy (non-hydrogen) atoms. The van der Waals surface area contributed by atoms with Gasteiger partial charge < -0.3 is 14.8 Å². The average Bonchev–Trinajstić information content (AvgIpc) is 3.27. The summed E-state index contributed by atoms with van der Waals surface area (Å²) in [7, 11) is 3.08. The quantitative estimate of drug-likeness (QED) is 0.465. The summed E-state index contributed by atoms with van der Waals surface area (Å²) in [5, 5.41) is 7.76. The van der Waals surface area contributed by atoms with Crippen LogP contribution in [-0.4, -0.2) is 34.9 Å². The van der Waals surface area contributed by atoms with Gasteiger partial charge in [-0.3, -0.25) is 4.79 Å². The highest BCUT2D eigenvalue weighted by atomic mass is 16.5. The molecule has 0 saturated carbocycles. The van der Waals surface area contributed by atoms with E-state index in [0.717, 1.165) is 16.7 Å². The van der Waals surface area contributed by atoms with Crippen LogP contribution in [0.25, 0.3) is 11.4 Å². The normalized spacial score (nSPS) is 10.6. The van der Waals surface area contributed by atoms with Gasteiger partial charge in [-0.1, -0.05) is 60.2 Å². The first-order valence-corrected chi connectivity index (χ1v) is 10.2. The molecule has 4 rings (SSSR count). The molecule has 3 aromatic carbocycles. The predicted molar refractivity (Wildman–Crippen MR) is 123 cm³/mol. The van der Waals surface area contributed by atoms with Crippen molar-refractivity contribution in [3.63, 3.8) is 0 Å². The first-order chi connectivity index (χ1) is 15.6. The summed E-state index contributed by atoms with van der Waals surface area (Å²) in [6, 6.07) is 22.8. The van der Waals surface area contributed by atoms with E-state index in [0.29, 0.717) is 35.4 Å². The highest BCUT2D eigenvalue weighted by Gasteiger charge is 2.20. The average molecular weight is 428 g/mol. The SMILES string of the molecule is COc1ccc(C(=O)n2nc(-c3ccc(C)cc3)nc2NCc2ccccc2)cc1OC. The fourth-order valence-corrected chi connectivity index (χ4v) is 3.26. The second kappa shape index (κ2) is 9.34. The smallest absolute Gasteiger partial charge is 0.281 e. The van der Waals surface area contributed by atoms with E-state index in [4.69, 9.17) is 9.47 Å². The number of nitrogens with zero attached hydrogens (tertiary/aromatic N) is 3. The third kappa shape index (κ3) is 4.46. The molecule has 0 aliphatic rings. The van der Waals surface area contributed by atoms with Gasteiger partial charge in [-0.15, -0.1) is 5.10 Å². The van der Waals surface area contributed by atoms with Crippen LogP contribution in [0.3, 0.4) is 0 Å². The first-order valence-electron chi connectivity index (χ1n) is 10.2. The maximum Gasteiger partial charge on any atom is 0.281 e. The number of methoxy groups -OCH3 is 2. The number of aromatic nitrogens is 3. The number of carbonyl (C=O) groups is 1. The van der Waals surface area contributed by atoms with Gasteiger partial charge in [-0.25, -0.2) is 0 Å². The second-order valence-corrected chi connectivity index (χ2v) is 7.25. The largest absolute Gasteiger partial charge is 0.493 e. The minimum absolute atomic E-state index is 0.327. The van der Waals surface area contributed by atoms with Gasteiger partial charge in [0.15, 0.2) is 17.3 Å². The van der Waals surface area contributed by atoms with E-state index in [1.165, 1.54) is 11.8 Å². The Hall–Kier alpha value is -4.13. The zero-order valence-corrected chi connectivity index (χ0v) is 18.2. The third-order valence-electron chi connectivity index (χ3n) is 5.03. The number of nitrogens with one attached hydrogen (secondary N) is 1. The van der Waals surface area contributed by atoms with Crippen molar-refractivity contribution in [1.29, 1.82) is 0 Å². The van der Waals surface area contributed by atoms with Crippen molar-refractivity contribution in [2.45, 2.75) is 13.5 Å². The molecule has 0 aliphatic heterocycles. The zero-order chi connectivity index (χ0) is 22.5. The zero-order valence-electron chi connectivity index (χ0n) is 18.2. The standard InChI is InChI=1S/C25H24N4O3/c1-17-9-11-19(12-10-17)23-27-25(26-16-18-7-5-4-6-8-18)29(28-23)24(30)20-13-14-21(31-2)22(15-20)32-3/h4-15H,16H2,1-3H3,(H,26,27,28). The van der Waals surface area contributed by atoms with E-state index in [-0.39, 0.29) is 5.91 Å². The van der Waals surface area contributed by atoms with Crippen molar-refractivity contribution in [3.8, 4) is 22.9 Å². The van der Waals surface area contributed by atoms with E-state index < -0.39 is 0 Å². The van der Waals surface area contributed by atoms with E-state index in [9.17, 15) is 4.79 Å². The van der Waals surface area contributed by atoms with Gasteiger partial charge in [0.05, 0.1) is 14.2 Å². The number of carbonyl (C=O) groups excluding carboxylic acids is 1. The van der Waals surface area contributed by atoms with Gasteiger partial charge in [0.1, 0.15) is 0 Å². The number of ether oxygens (including phenoxy) is 2. The van der Waals surface area contributed by atoms with Crippen LogP contribution in [-0.2, 0) is 6.54 Å². The summed E-state index contributed by atoms with van der Waals surface area (Å²) in [6.45, 7) is 2.52. The molecular weight excluding hydrogens is 404 g/mol. The Morgan fingerprint density at radius 2 is 1.66 bits per heavy atom. The van der Waals surface area contributed by atoms with Crippen molar-refractivity contribution < 1.29 is 14.3 Å². The molecule has 0 bridgehead atoms. The molecule has 0 unspecified atom stereocenters. The summed E-state index contributed by atoms with van der Waals surface area (Å²) in [5.74, 6) is 1.52. The summed E-state index contributed by atoms with van der Waals surface area (Å²) in [5.41, 5.74) is 3.44. The van der Waals surface area contributed by atoms with Crippen LogP contribution in [0.1, 0.15) is 21.5 Å². The Morgan fingerprint density at radius 3 is 2.34 bits per heavy atom. The van der Waals surface area contributed by atoms with Gasteiger partial charge in [0.25, 0.3) is 5.91 Å². The third-order valence-corrected chi connectivity index (χ3v) is 5.03. The van der Waals surface area contributed by atoms with E-state index in [1.807, 2.05) is 61.5 Å². The van der Waals surface area contributed by atoms with Crippen LogP contribution < -0.4 is 14.8 Å². The van der Waals surface area contributed by atoms with Crippen LogP contribution in [0, 0.1) is 6.92 Å². The fourth-order valence-electron chi connectivity index (χ4n) is 3.26. The number of anilines is 1. The number of benzene rings is 3. The van der Waals surface area contributed by atoms with Gasteiger partial charge in [-0.2, -0.15) is 9.67 Å². The molecule has 7 heteroatoms. The lowest BCUT2D eigenvalue weighted by Crippen LogP contribution is -2.17. The Kier molecular flexibility index (Phi) is 6.17. The maximum absolute atomic E-state index is 13.4. The van der Waals surface area contributed by atoms with Crippen molar-refractivity contribution >= 4 is 11.9 Å². The van der Waals surface area contributed by atoms with Crippen LogP contribution in [0.15, 0.2) is 72.8 Å². The van der Waals surface area contributed by atoms with Crippen molar-refractivity contribution in [1.82, 2.24) is 14.8 Å². The van der Waals surface area contributed by atoms with Crippen molar-refractivity contribution in [2.24, 2.45) is 0 Å². The first kappa shape index (κ1) is 21.1. The number of aryl methyl sites for hydroxylation is 1. The molecule has 0 atom stereocenters. The summed E-state index contributed by atoms with van der Waals surface area (Å²) < 4.78 is 11.9. The number of rotatable bonds is 7. The molecule has 1 N–H and O–H groups in total. The molecule has 1 aromatic heterocycles. The molecule has 0 saturated heterocycles. The minimum atomic E-state index is -0.327. The molecule has 0 amide bonds. The Labute approximate surface area is 186 Å². The molecule has 1 heterocycles. The van der Waals surface area contributed by atoms with Crippen LogP contribution >= 0.6 is 0 Å². The van der Waals surface area contributed by atoms with E-state index in [2.05, 4.69) is 15.4 Å². The fraction of sp³-hybridized carbons (Fsp3) is 0.160. The molecule has 7 nitrogen and oxygen atoms in total. The molecule has 0 aliphatic carbocycles. The van der Waals surface area contributed by atoms with Gasteiger partial charge in [-0.05, 0) is 30.7 Å². The van der Waals surface area contributed by atoms with Crippen molar-refractivity contribution in [2.75, 3.05) is 19.5 Å². The Morgan fingerprint density at radius 1 is 0.938 bits per heavy atom. The lowest BCUT2D eigenvalue weighted by molar-refractivity contribution is 0.0947. The van der Waals surface area contributed by atoms with E-state index >= 15 is 0 Å².